The minimum absolute atomic E-state index is 0.293. The van der Waals surface area contributed by atoms with E-state index < -0.39 is 11.0 Å². The molecule has 5 nitrogen and oxygen atoms in total. The molecule has 0 aliphatic heterocycles. The first-order valence-electron chi connectivity index (χ1n) is 9.61. The van der Waals surface area contributed by atoms with E-state index in [-0.39, 0.29) is 5.82 Å². The maximum Gasteiger partial charge on any atom is 0.151 e. The number of halogens is 1. The topological polar surface area (TPSA) is 70.7 Å². The Balaban J connectivity index is 1.61. The number of nitrogens with zero attached hydrogens (tertiary/aromatic N) is 2. The van der Waals surface area contributed by atoms with E-state index in [2.05, 4.69) is 19.7 Å². The predicted octanol–water partition coefficient (Wildman–Crippen LogP) is 5.57. The number of hydrogen-bond acceptors (Lipinski definition) is 3. The van der Waals surface area contributed by atoms with Crippen LogP contribution >= 0.6 is 0 Å². The lowest BCUT2D eigenvalue weighted by atomic mass is 10.00. The minimum Gasteiger partial charge on any atom is -0.339 e. The molecule has 1 unspecified atom stereocenters. The molecule has 0 amide bonds. The number of H-pyrrole nitrogens is 1. The van der Waals surface area contributed by atoms with E-state index in [1.54, 1.807) is 42.7 Å². The van der Waals surface area contributed by atoms with E-state index in [0.717, 1.165) is 27.8 Å². The van der Waals surface area contributed by atoms with Gasteiger partial charge in [0.15, 0.2) is 11.0 Å². The monoisotopic (exact) mass is 428 g/mol. The molecular formula is C24H17FN4OS. The second kappa shape index (κ2) is 8.12. The summed E-state index contributed by atoms with van der Waals surface area (Å²) in [6, 6.07) is 23.1. The highest BCUT2D eigenvalue weighted by atomic mass is 32.2. The fraction of sp³-hybridized carbons (Fsp3) is 0. The van der Waals surface area contributed by atoms with Crippen molar-refractivity contribution in [3.05, 3.63) is 97.1 Å². The summed E-state index contributed by atoms with van der Waals surface area (Å²) in [5.41, 5.74) is 4.23. The second-order valence-electron chi connectivity index (χ2n) is 6.89. The highest BCUT2D eigenvalue weighted by molar-refractivity contribution is 7.86. The first-order valence-corrected chi connectivity index (χ1v) is 10.8. The molecule has 5 aromatic rings. The number of benzene rings is 2. The number of aromatic nitrogens is 3. The quantitative estimate of drug-likeness (QED) is 0.385. The molecule has 2 aromatic carbocycles. The van der Waals surface area contributed by atoms with Crippen molar-refractivity contribution in [3.8, 4) is 22.4 Å². The van der Waals surface area contributed by atoms with Crippen molar-refractivity contribution < 1.29 is 8.60 Å². The molecule has 5 rings (SSSR count). The maximum atomic E-state index is 13.5. The van der Waals surface area contributed by atoms with Crippen LogP contribution in [-0.4, -0.2) is 19.2 Å². The number of aromatic amines is 1. The maximum absolute atomic E-state index is 13.5. The number of pyridine rings is 2. The summed E-state index contributed by atoms with van der Waals surface area (Å²) in [6.45, 7) is 0. The zero-order valence-electron chi connectivity index (χ0n) is 16.2. The molecule has 3 heterocycles. The molecule has 0 fully saturated rings. The Bertz CT molecular complexity index is 1370. The minimum atomic E-state index is -1.43. The van der Waals surface area contributed by atoms with Crippen molar-refractivity contribution in [2.45, 2.75) is 4.90 Å². The van der Waals surface area contributed by atoms with Crippen molar-refractivity contribution in [3.63, 3.8) is 0 Å². The van der Waals surface area contributed by atoms with E-state index in [4.69, 9.17) is 0 Å². The lowest BCUT2D eigenvalue weighted by Gasteiger charge is -2.06. The van der Waals surface area contributed by atoms with Crippen LogP contribution in [0, 0.1) is 5.82 Å². The van der Waals surface area contributed by atoms with Crippen molar-refractivity contribution >= 4 is 27.8 Å². The summed E-state index contributed by atoms with van der Waals surface area (Å²) in [5, 5.41) is 0.904. The van der Waals surface area contributed by atoms with Gasteiger partial charge in [-0.1, -0.05) is 18.2 Å². The van der Waals surface area contributed by atoms with Crippen molar-refractivity contribution in [2.75, 3.05) is 4.72 Å². The second-order valence-corrected chi connectivity index (χ2v) is 8.11. The summed E-state index contributed by atoms with van der Waals surface area (Å²) < 4.78 is 29.0. The fourth-order valence-corrected chi connectivity index (χ4v) is 4.30. The Morgan fingerprint density at radius 1 is 0.839 bits per heavy atom. The van der Waals surface area contributed by atoms with Crippen molar-refractivity contribution in [2.24, 2.45) is 0 Å². The van der Waals surface area contributed by atoms with Crippen LogP contribution in [0.4, 0.5) is 10.2 Å². The molecule has 1 atom stereocenters. The average molecular weight is 428 g/mol. The Kier molecular flexibility index (Phi) is 5.01. The Labute approximate surface area is 180 Å². The average Bonchev–Trinajstić information content (AvgIpc) is 3.19. The number of nitrogens with one attached hydrogen (secondary N) is 2. The summed E-state index contributed by atoms with van der Waals surface area (Å²) in [7, 11) is -1.43. The highest BCUT2D eigenvalue weighted by Gasteiger charge is 2.17. The van der Waals surface area contributed by atoms with Gasteiger partial charge in [-0.2, -0.15) is 0 Å². The van der Waals surface area contributed by atoms with Crippen LogP contribution in [-0.2, 0) is 11.0 Å². The van der Waals surface area contributed by atoms with Gasteiger partial charge in [0.1, 0.15) is 17.3 Å². The van der Waals surface area contributed by atoms with Crippen LogP contribution in [0.1, 0.15) is 0 Å². The van der Waals surface area contributed by atoms with Crippen LogP contribution in [0.2, 0.25) is 0 Å². The highest BCUT2D eigenvalue weighted by Crippen LogP contribution is 2.38. The lowest BCUT2D eigenvalue weighted by Crippen LogP contribution is -2.05. The molecule has 0 spiro atoms. The van der Waals surface area contributed by atoms with Crippen LogP contribution < -0.4 is 4.72 Å². The van der Waals surface area contributed by atoms with Gasteiger partial charge in [0.25, 0.3) is 0 Å². The molecule has 2 N–H and O–H groups in total. The van der Waals surface area contributed by atoms with Crippen LogP contribution in [0.3, 0.4) is 0 Å². The molecule has 7 heteroatoms. The van der Waals surface area contributed by atoms with E-state index in [1.807, 2.05) is 36.4 Å². The summed E-state index contributed by atoms with van der Waals surface area (Å²) >= 11 is 0. The molecule has 0 bridgehead atoms. The van der Waals surface area contributed by atoms with Gasteiger partial charge in [0.05, 0.1) is 10.6 Å². The summed E-state index contributed by atoms with van der Waals surface area (Å²) in [5.74, 6) is 0.196. The number of fused-ring (bicyclic) bond motifs is 1. The van der Waals surface area contributed by atoms with Crippen molar-refractivity contribution in [1.29, 1.82) is 0 Å². The summed E-state index contributed by atoms with van der Waals surface area (Å²) in [4.78, 5) is 12.8. The van der Waals surface area contributed by atoms with Gasteiger partial charge in [-0.3, -0.25) is 9.71 Å². The SMILES string of the molecule is O=S(Nc1ccc2c(-c3ccncc3)c(-c3ccc(F)cc3)[nH]c2n1)c1ccccc1. The Hall–Kier alpha value is -3.84. The summed E-state index contributed by atoms with van der Waals surface area (Å²) in [6.07, 6.45) is 3.46. The first kappa shape index (κ1) is 19.1. The molecule has 31 heavy (non-hydrogen) atoms. The third-order valence-electron chi connectivity index (χ3n) is 4.91. The molecule has 0 aliphatic rings. The third kappa shape index (κ3) is 3.83. The van der Waals surface area contributed by atoms with Crippen molar-refractivity contribution in [1.82, 2.24) is 15.0 Å². The van der Waals surface area contributed by atoms with E-state index in [0.29, 0.717) is 16.4 Å². The van der Waals surface area contributed by atoms with E-state index in [9.17, 15) is 8.60 Å². The predicted molar refractivity (Wildman–Crippen MR) is 121 cm³/mol. The Morgan fingerprint density at radius 3 is 2.32 bits per heavy atom. The smallest absolute Gasteiger partial charge is 0.151 e. The normalized spacial score (nSPS) is 12.0. The third-order valence-corrected chi connectivity index (χ3v) is 6.01. The van der Waals surface area contributed by atoms with Gasteiger partial charge >= 0.3 is 0 Å². The van der Waals surface area contributed by atoms with Crippen LogP contribution in [0.25, 0.3) is 33.4 Å². The number of hydrogen-bond donors (Lipinski definition) is 2. The standard InChI is InChI=1S/C24H17FN4OS/c25-18-8-6-17(7-9-18)23-22(16-12-14-26-15-13-16)20-10-11-21(27-24(20)28-23)29-31(30)19-4-2-1-3-5-19/h1-15H,(H2,27,28,29). The first-order chi connectivity index (χ1) is 15.2. The van der Waals surface area contributed by atoms with Crippen LogP contribution in [0.5, 0.6) is 0 Å². The molecule has 0 aliphatic carbocycles. The Morgan fingerprint density at radius 2 is 1.58 bits per heavy atom. The molecule has 0 saturated heterocycles. The zero-order valence-corrected chi connectivity index (χ0v) is 17.1. The number of rotatable bonds is 5. The lowest BCUT2D eigenvalue weighted by molar-refractivity contribution is 0.628. The van der Waals surface area contributed by atoms with Gasteiger partial charge < -0.3 is 4.98 Å². The largest absolute Gasteiger partial charge is 0.339 e. The van der Waals surface area contributed by atoms with Gasteiger partial charge in [0, 0.05) is 23.3 Å². The molecular weight excluding hydrogens is 411 g/mol. The van der Waals surface area contributed by atoms with E-state index in [1.165, 1.54) is 12.1 Å². The van der Waals surface area contributed by atoms with E-state index >= 15 is 0 Å². The van der Waals surface area contributed by atoms with Gasteiger partial charge in [-0.15, -0.1) is 0 Å². The number of anilines is 1. The fourth-order valence-electron chi connectivity index (χ4n) is 3.48. The van der Waals surface area contributed by atoms with Gasteiger partial charge in [-0.05, 0) is 71.8 Å². The van der Waals surface area contributed by atoms with Gasteiger partial charge in [0.2, 0.25) is 0 Å². The molecule has 3 aromatic heterocycles. The molecule has 152 valence electrons. The van der Waals surface area contributed by atoms with Gasteiger partial charge in [-0.25, -0.2) is 13.6 Å². The molecule has 0 saturated carbocycles. The zero-order chi connectivity index (χ0) is 21.2. The molecule has 0 radical (unpaired) electrons. The van der Waals surface area contributed by atoms with Crippen LogP contribution in [0.15, 0.2) is 96.2 Å².